The highest BCUT2D eigenvalue weighted by Crippen LogP contribution is 2.17. The zero-order chi connectivity index (χ0) is 22.7. The molecule has 1 aliphatic rings. The number of piperidine rings is 1. The fraction of sp³-hybridized carbons (Fsp3) is 0.400. The number of amides is 2. The van der Waals surface area contributed by atoms with E-state index in [1.54, 1.807) is 4.90 Å². The van der Waals surface area contributed by atoms with Gasteiger partial charge >= 0.3 is 6.09 Å². The molecule has 168 valence electrons. The Bertz CT molecular complexity index is 1090. The van der Waals surface area contributed by atoms with E-state index in [0.29, 0.717) is 25.2 Å². The second kappa shape index (κ2) is 9.02. The molecule has 0 radical (unpaired) electrons. The van der Waals surface area contributed by atoms with Gasteiger partial charge in [-0.05, 0) is 57.4 Å². The zero-order valence-corrected chi connectivity index (χ0v) is 18.9. The maximum Gasteiger partial charge on any atom is 0.410 e. The van der Waals surface area contributed by atoms with Gasteiger partial charge in [0.1, 0.15) is 5.60 Å². The molecule has 0 atom stereocenters. The third-order valence-corrected chi connectivity index (χ3v) is 5.58. The van der Waals surface area contributed by atoms with Crippen LogP contribution in [0.1, 0.15) is 49.5 Å². The number of nitrogens with zero attached hydrogens (tertiary/aromatic N) is 3. The summed E-state index contributed by atoms with van der Waals surface area (Å²) in [5.74, 6) is -0.0863. The Kier molecular flexibility index (Phi) is 6.17. The molecule has 2 amide bonds. The summed E-state index contributed by atoms with van der Waals surface area (Å²) in [5, 5.41) is 8.67. The van der Waals surface area contributed by atoms with Crippen molar-refractivity contribution in [1.29, 1.82) is 0 Å². The lowest BCUT2D eigenvalue weighted by Crippen LogP contribution is -2.47. The Morgan fingerprint density at radius 1 is 1.06 bits per heavy atom. The lowest BCUT2D eigenvalue weighted by molar-refractivity contribution is 0.0199. The molecule has 1 N–H and O–H groups in total. The highest BCUT2D eigenvalue weighted by molar-refractivity contribution is 5.94. The van der Waals surface area contributed by atoms with Crippen LogP contribution in [-0.2, 0) is 11.3 Å². The lowest BCUT2D eigenvalue weighted by Gasteiger charge is -2.33. The van der Waals surface area contributed by atoms with Gasteiger partial charge < -0.3 is 15.0 Å². The van der Waals surface area contributed by atoms with Crippen molar-refractivity contribution < 1.29 is 14.3 Å². The first-order chi connectivity index (χ1) is 15.3. The first-order valence-corrected chi connectivity index (χ1v) is 11.1. The average molecular weight is 435 g/mol. The van der Waals surface area contributed by atoms with Crippen LogP contribution >= 0.6 is 0 Å². The summed E-state index contributed by atoms with van der Waals surface area (Å²) in [6, 6.07) is 15.8. The number of hydrogen-bond acceptors (Lipinski definition) is 4. The fourth-order valence-corrected chi connectivity index (χ4v) is 3.89. The molecule has 1 fully saturated rings. The Labute approximate surface area is 188 Å². The number of carbonyl (C=O) groups excluding carboxylic acids is 2. The molecule has 0 bridgehead atoms. The van der Waals surface area contributed by atoms with Gasteiger partial charge in [0.2, 0.25) is 0 Å². The monoisotopic (exact) mass is 434 g/mol. The summed E-state index contributed by atoms with van der Waals surface area (Å²) in [6.45, 7) is 7.40. The summed E-state index contributed by atoms with van der Waals surface area (Å²) in [6.07, 6.45) is 3.01. The number of carbonyl (C=O) groups is 2. The first-order valence-electron chi connectivity index (χ1n) is 11.1. The van der Waals surface area contributed by atoms with E-state index in [4.69, 9.17) is 4.74 Å². The second-order valence-corrected chi connectivity index (χ2v) is 9.27. The van der Waals surface area contributed by atoms with Crippen LogP contribution in [0.4, 0.5) is 4.79 Å². The van der Waals surface area contributed by atoms with Crippen molar-refractivity contribution in [3.8, 4) is 0 Å². The molecule has 2 heterocycles. The van der Waals surface area contributed by atoms with Gasteiger partial charge in [0.25, 0.3) is 5.91 Å². The normalized spacial score (nSPS) is 15.0. The topological polar surface area (TPSA) is 76.5 Å². The number of para-hydroxylation sites is 1. The number of aromatic nitrogens is 2. The highest BCUT2D eigenvalue weighted by atomic mass is 16.6. The Morgan fingerprint density at radius 2 is 1.75 bits per heavy atom. The molecular formula is C25H30N4O3. The van der Waals surface area contributed by atoms with Crippen molar-refractivity contribution >= 4 is 22.9 Å². The standard InChI is InChI=1S/C25H30N4O3/c1-25(2,3)32-24(31)28-14-12-21(13-15-28)27-23(30)19-10-8-18(9-11-19)17-29-22-7-5-4-6-20(22)16-26-29/h4-11,16,21H,12-15,17H2,1-3H3,(H,27,30). The summed E-state index contributed by atoms with van der Waals surface area (Å²) in [4.78, 5) is 26.6. The highest BCUT2D eigenvalue weighted by Gasteiger charge is 2.27. The van der Waals surface area contributed by atoms with Gasteiger partial charge in [-0.15, -0.1) is 0 Å². The largest absolute Gasteiger partial charge is 0.444 e. The smallest absolute Gasteiger partial charge is 0.410 e. The van der Waals surface area contributed by atoms with Gasteiger partial charge in [0.05, 0.1) is 18.3 Å². The minimum atomic E-state index is -0.501. The van der Waals surface area contributed by atoms with Gasteiger partial charge in [0.15, 0.2) is 0 Å². The van der Waals surface area contributed by atoms with Crippen LogP contribution in [-0.4, -0.2) is 51.4 Å². The van der Waals surface area contributed by atoms with Crippen LogP contribution in [0.25, 0.3) is 10.9 Å². The van der Waals surface area contributed by atoms with Gasteiger partial charge in [-0.3, -0.25) is 9.48 Å². The number of fused-ring (bicyclic) bond motifs is 1. The number of likely N-dealkylation sites (tertiary alicyclic amines) is 1. The van der Waals surface area contributed by atoms with E-state index in [9.17, 15) is 9.59 Å². The second-order valence-electron chi connectivity index (χ2n) is 9.27. The maximum atomic E-state index is 12.7. The number of rotatable bonds is 4. The van der Waals surface area contributed by atoms with E-state index >= 15 is 0 Å². The first kappa shape index (κ1) is 21.9. The van der Waals surface area contributed by atoms with Gasteiger partial charge in [-0.25, -0.2) is 4.79 Å². The van der Waals surface area contributed by atoms with E-state index in [1.807, 2.05) is 74.1 Å². The van der Waals surface area contributed by atoms with Crippen LogP contribution in [0.3, 0.4) is 0 Å². The Morgan fingerprint density at radius 3 is 2.44 bits per heavy atom. The van der Waals surface area contributed by atoms with Crippen molar-refractivity contribution in [2.45, 2.75) is 51.8 Å². The maximum absolute atomic E-state index is 12.7. The van der Waals surface area contributed by atoms with E-state index in [2.05, 4.69) is 16.5 Å². The molecule has 1 aliphatic heterocycles. The van der Waals surface area contributed by atoms with Crippen molar-refractivity contribution in [3.63, 3.8) is 0 Å². The molecule has 2 aromatic carbocycles. The predicted molar refractivity (Wildman–Crippen MR) is 124 cm³/mol. The Hall–Kier alpha value is -3.35. The van der Waals surface area contributed by atoms with Gasteiger partial charge in [-0.2, -0.15) is 5.10 Å². The van der Waals surface area contributed by atoms with Crippen LogP contribution in [0.15, 0.2) is 54.7 Å². The number of ether oxygens (including phenoxy) is 1. The van der Waals surface area contributed by atoms with Crippen LogP contribution in [0, 0.1) is 0 Å². The zero-order valence-electron chi connectivity index (χ0n) is 18.9. The SMILES string of the molecule is CC(C)(C)OC(=O)N1CCC(NC(=O)c2ccc(Cn3ncc4ccccc43)cc2)CC1. The molecule has 1 aromatic heterocycles. The van der Waals surface area contributed by atoms with Gasteiger partial charge in [0, 0.05) is 30.1 Å². The Balaban J connectivity index is 1.29. The quantitative estimate of drug-likeness (QED) is 0.667. The van der Waals surface area contributed by atoms with Crippen molar-refractivity contribution in [2.75, 3.05) is 13.1 Å². The molecule has 0 saturated carbocycles. The summed E-state index contributed by atoms with van der Waals surface area (Å²) in [5.41, 5.74) is 2.31. The molecule has 7 nitrogen and oxygen atoms in total. The molecule has 7 heteroatoms. The number of benzene rings is 2. The lowest BCUT2D eigenvalue weighted by atomic mass is 10.0. The van der Waals surface area contributed by atoms with Crippen LogP contribution in [0.5, 0.6) is 0 Å². The van der Waals surface area contributed by atoms with Crippen molar-refractivity contribution in [3.05, 3.63) is 65.9 Å². The van der Waals surface area contributed by atoms with Crippen LogP contribution < -0.4 is 5.32 Å². The number of nitrogens with one attached hydrogen (secondary N) is 1. The molecule has 3 aromatic rings. The van der Waals surface area contributed by atoms with Crippen molar-refractivity contribution in [2.24, 2.45) is 0 Å². The molecule has 1 saturated heterocycles. The third-order valence-electron chi connectivity index (χ3n) is 5.58. The molecule has 0 aliphatic carbocycles. The van der Waals surface area contributed by atoms with Crippen molar-refractivity contribution in [1.82, 2.24) is 20.0 Å². The summed E-state index contributed by atoms with van der Waals surface area (Å²) >= 11 is 0. The third kappa shape index (κ3) is 5.28. The van der Waals surface area contributed by atoms with E-state index in [1.165, 1.54) is 0 Å². The molecule has 4 rings (SSSR count). The van der Waals surface area contributed by atoms with Gasteiger partial charge in [-0.1, -0.05) is 30.3 Å². The summed E-state index contributed by atoms with van der Waals surface area (Å²) in [7, 11) is 0. The molecular weight excluding hydrogens is 404 g/mol. The predicted octanol–water partition coefficient (Wildman–Crippen LogP) is 4.21. The van der Waals surface area contributed by atoms with E-state index < -0.39 is 5.60 Å². The van der Waals surface area contributed by atoms with E-state index in [0.717, 1.165) is 29.3 Å². The summed E-state index contributed by atoms with van der Waals surface area (Å²) < 4.78 is 7.39. The average Bonchev–Trinajstić information content (AvgIpc) is 3.16. The minimum Gasteiger partial charge on any atom is -0.444 e. The molecule has 32 heavy (non-hydrogen) atoms. The molecule has 0 unspecified atom stereocenters. The number of hydrogen-bond donors (Lipinski definition) is 1. The molecule has 0 spiro atoms. The van der Waals surface area contributed by atoms with Crippen LogP contribution in [0.2, 0.25) is 0 Å². The minimum absolute atomic E-state index is 0.0521. The fourth-order valence-electron chi connectivity index (χ4n) is 3.89. The van der Waals surface area contributed by atoms with E-state index in [-0.39, 0.29) is 18.0 Å².